The quantitative estimate of drug-likeness (QED) is 0.707. The molecule has 122 valence electrons. The van der Waals surface area contributed by atoms with Crippen molar-refractivity contribution in [2.24, 2.45) is 0 Å². The molecule has 0 aromatic heterocycles. The van der Waals surface area contributed by atoms with E-state index in [2.05, 4.69) is 6.58 Å². The molecule has 2 aromatic rings. The average Bonchev–Trinajstić information content (AvgIpc) is 2.60. The summed E-state index contributed by atoms with van der Waals surface area (Å²) >= 11 is 0. The highest BCUT2D eigenvalue weighted by atomic mass is 16.5. The lowest BCUT2D eigenvalue weighted by Crippen LogP contribution is -2.48. The number of hydrogen-bond acceptors (Lipinski definition) is 2. The number of carbonyl (C=O) groups excluding carboxylic acids is 1. The van der Waals surface area contributed by atoms with Gasteiger partial charge in [-0.25, -0.2) is 0 Å². The summed E-state index contributed by atoms with van der Waals surface area (Å²) in [5.41, 5.74) is 1.81. The van der Waals surface area contributed by atoms with Gasteiger partial charge in [-0.1, -0.05) is 66.7 Å². The smallest absolute Gasteiger partial charge is 0.185 e. The first kappa shape index (κ1) is 16.3. The molecule has 0 saturated heterocycles. The minimum Gasteiger partial charge on any atom is -0.493 e. The maximum absolute atomic E-state index is 13.3. The van der Waals surface area contributed by atoms with E-state index in [0.29, 0.717) is 12.0 Å². The van der Waals surface area contributed by atoms with Crippen molar-refractivity contribution in [2.45, 2.75) is 31.8 Å². The maximum Gasteiger partial charge on any atom is 0.185 e. The van der Waals surface area contributed by atoms with E-state index in [1.165, 1.54) is 0 Å². The zero-order chi connectivity index (χ0) is 17.2. The van der Waals surface area contributed by atoms with Crippen LogP contribution in [0, 0.1) is 0 Å². The molecule has 24 heavy (non-hydrogen) atoms. The van der Waals surface area contributed by atoms with E-state index in [1.807, 2.05) is 74.5 Å². The van der Waals surface area contributed by atoms with Crippen LogP contribution in [0.3, 0.4) is 0 Å². The van der Waals surface area contributed by atoms with Crippen LogP contribution in [-0.4, -0.2) is 11.9 Å². The predicted octanol–water partition coefficient (Wildman–Crippen LogP) is 4.92. The summed E-state index contributed by atoms with van der Waals surface area (Å²) in [6.07, 6.45) is 2.34. The predicted molar refractivity (Wildman–Crippen MR) is 97.5 cm³/mol. The summed E-state index contributed by atoms with van der Waals surface area (Å²) < 4.78 is 6.16. The van der Waals surface area contributed by atoms with Crippen molar-refractivity contribution in [1.29, 1.82) is 0 Å². The van der Waals surface area contributed by atoms with E-state index in [0.717, 1.165) is 16.9 Å². The van der Waals surface area contributed by atoms with Crippen LogP contribution in [0.25, 0.3) is 5.57 Å². The first-order valence-corrected chi connectivity index (χ1v) is 8.29. The van der Waals surface area contributed by atoms with Crippen LogP contribution in [0.1, 0.15) is 31.4 Å². The zero-order valence-electron chi connectivity index (χ0n) is 14.2. The van der Waals surface area contributed by atoms with Gasteiger partial charge in [0.25, 0.3) is 0 Å². The molecule has 3 rings (SSSR count). The van der Waals surface area contributed by atoms with Gasteiger partial charge in [0.1, 0.15) is 11.2 Å². The Morgan fingerprint density at radius 2 is 1.62 bits per heavy atom. The van der Waals surface area contributed by atoms with Crippen LogP contribution in [0.5, 0.6) is 0 Å². The molecule has 0 amide bonds. The fraction of sp³-hybridized carbons (Fsp3) is 0.227. The van der Waals surface area contributed by atoms with Gasteiger partial charge in [0.2, 0.25) is 0 Å². The standard InChI is InChI=1S/C22H22O2/c1-4-15-22(18-13-9-6-10-14-18)20(23)19(21(22)24-16(2)3)17-11-7-5-8-12-17/h4-14,16H,1,15H2,2-3H3. The Hall–Kier alpha value is -2.61. The van der Waals surface area contributed by atoms with Crippen molar-refractivity contribution in [1.82, 2.24) is 0 Å². The molecular weight excluding hydrogens is 296 g/mol. The number of ketones is 1. The molecule has 0 heterocycles. The van der Waals surface area contributed by atoms with Crippen LogP contribution >= 0.6 is 0 Å². The van der Waals surface area contributed by atoms with Crippen molar-refractivity contribution >= 4 is 11.4 Å². The lowest BCUT2D eigenvalue weighted by Gasteiger charge is -2.44. The summed E-state index contributed by atoms with van der Waals surface area (Å²) in [5.74, 6) is 0.871. The molecule has 1 aliphatic carbocycles. The Kier molecular flexibility index (Phi) is 4.39. The molecule has 0 aliphatic heterocycles. The number of rotatable bonds is 6. The number of carbonyl (C=O) groups is 1. The Balaban J connectivity index is 2.21. The van der Waals surface area contributed by atoms with E-state index >= 15 is 0 Å². The third-order valence-corrected chi connectivity index (χ3v) is 4.36. The zero-order valence-corrected chi connectivity index (χ0v) is 14.2. The van der Waals surface area contributed by atoms with Crippen LogP contribution in [0.2, 0.25) is 0 Å². The third-order valence-electron chi connectivity index (χ3n) is 4.36. The van der Waals surface area contributed by atoms with Gasteiger partial charge in [-0.2, -0.15) is 0 Å². The Morgan fingerprint density at radius 3 is 2.17 bits per heavy atom. The van der Waals surface area contributed by atoms with Crippen LogP contribution in [-0.2, 0) is 14.9 Å². The van der Waals surface area contributed by atoms with Crippen molar-refractivity contribution in [2.75, 3.05) is 0 Å². The molecule has 1 aliphatic rings. The van der Waals surface area contributed by atoms with Crippen LogP contribution in [0.4, 0.5) is 0 Å². The van der Waals surface area contributed by atoms with E-state index in [9.17, 15) is 4.79 Å². The largest absolute Gasteiger partial charge is 0.493 e. The fourth-order valence-electron chi connectivity index (χ4n) is 3.34. The summed E-state index contributed by atoms with van der Waals surface area (Å²) in [5, 5.41) is 0. The number of Topliss-reactive ketones (excluding diaryl/α,β-unsaturated/α-hetero) is 1. The Bertz CT molecular complexity index is 772. The fourth-order valence-corrected chi connectivity index (χ4v) is 3.34. The third kappa shape index (κ3) is 2.48. The van der Waals surface area contributed by atoms with Gasteiger partial charge in [0, 0.05) is 0 Å². The number of hydrogen-bond donors (Lipinski definition) is 0. The van der Waals surface area contributed by atoms with E-state index in [4.69, 9.17) is 4.74 Å². The summed E-state index contributed by atoms with van der Waals surface area (Å²) in [6, 6.07) is 19.6. The monoisotopic (exact) mass is 318 g/mol. The second kappa shape index (κ2) is 6.48. The average molecular weight is 318 g/mol. The van der Waals surface area contributed by atoms with Gasteiger partial charge in [0.05, 0.1) is 11.7 Å². The van der Waals surface area contributed by atoms with Gasteiger partial charge in [0.15, 0.2) is 5.78 Å². The van der Waals surface area contributed by atoms with E-state index in [-0.39, 0.29) is 11.9 Å². The molecular formula is C22H22O2. The van der Waals surface area contributed by atoms with E-state index < -0.39 is 5.41 Å². The molecule has 0 radical (unpaired) electrons. The highest BCUT2D eigenvalue weighted by Crippen LogP contribution is 2.52. The van der Waals surface area contributed by atoms with E-state index in [1.54, 1.807) is 6.08 Å². The second-order valence-electron chi connectivity index (χ2n) is 6.33. The molecule has 0 fully saturated rings. The van der Waals surface area contributed by atoms with Gasteiger partial charge >= 0.3 is 0 Å². The SMILES string of the molecule is C=CCC1(c2ccccc2)C(=O)C(c2ccccc2)=C1OC(C)C. The molecule has 0 N–H and O–H groups in total. The van der Waals surface area contributed by atoms with Crippen molar-refractivity contribution in [3.05, 3.63) is 90.2 Å². The number of allylic oxidation sites excluding steroid dienone is 3. The van der Waals surface area contributed by atoms with Gasteiger partial charge < -0.3 is 4.74 Å². The maximum atomic E-state index is 13.3. The molecule has 2 aromatic carbocycles. The second-order valence-corrected chi connectivity index (χ2v) is 6.33. The molecule has 2 nitrogen and oxygen atoms in total. The Morgan fingerprint density at radius 1 is 1.04 bits per heavy atom. The summed E-state index contributed by atoms with van der Waals surface area (Å²) in [4.78, 5) is 13.3. The Labute approximate surface area is 143 Å². The highest BCUT2D eigenvalue weighted by Gasteiger charge is 2.56. The lowest BCUT2D eigenvalue weighted by molar-refractivity contribution is -0.122. The molecule has 0 saturated carbocycles. The minimum absolute atomic E-state index is 0.000264. The summed E-state index contributed by atoms with van der Waals surface area (Å²) in [7, 11) is 0. The van der Waals surface area contributed by atoms with Crippen molar-refractivity contribution < 1.29 is 9.53 Å². The molecule has 0 bridgehead atoms. The summed E-state index contributed by atoms with van der Waals surface area (Å²) in [6.45, 7) is 7.84. The van der Waals surface area contributed by atoms with Gasteiger partial charge in [-0.05, 0) is 31.4 Å². The first-order chi connectivity index (χ1) is 11.6. The first-order valence-electron chi connectivity index (χ1n) is 8.29. The van der Waals surface area contributed by atoms with Gasteiger partial charge in [-0.3, -0.25) is 4.79 Å². The number of benzene rings is 2. The molecule has 2 heteroatoms. The minimum atomic E-state index is -0.752. The van der Waals surface area contributed by atoms with Crippen LogP contribution < -0.4 is 0 Å². The van der Waals surface area contributed by atoms with Crippen molar-refractivity contribution in [3.63, 3.8) is 0 Å². The number of ether oxygens (including phenoxy) is 1. The highest BCUT2D eigenvalue weighted by molar-refractivity contribution is 6.34. The topological polar surface area (TPSA) is 26.3 Å². The lowest BCUT2D eigenvalue weighted by atomic mass is 9.60. The molecule has 1 atom stereocenters. The molecule has 0 spiro atoms. The molecule has 1 unspecified atom stereocenters. The normalized spacial score (nSPS) is 20.0. The van der Waals surface area contributed by atoms with Crippen molar-refractivity contribution in [3.8, 4) is 0 Å². The van der Waals surface area contributed by atoms with Gasteiger partial charge in [-0.15, -0.1) is 6.58 Å². The van der Waals surface area contributed by atoms with Crippen LogP contribution in [0.15, 0.2) is 79.1 Å².